The number of nitrogens with zero attached hydrogens (tertiary/aromatic N) is 6. The second-order valence-corrected chi connectivity index (χ2v) is 26.5. The Balaban J connectivity index is 0.978. The summed E-state index contributed by atoms with van der Waals surface area (Å²) in [5, 5.41) is 11.9. The molecule has 6 nitrogen and oxygen atoms in total. The molecule has 13 aromatic carbocycles. The molecule has 0 aliphatic carbocycles. The van der Waals surface area contributed by atoms with E-state index in [9.17, 15) is 0 Å². The van der Waals surface area contributed by atoms with Gasteiger partial charge < -0.3 is 4.57 Å². The van der Waals surface area contributed by atoms with Gasteiger partial charge in [-0.15, -0.1) is 0 Å². The summed E-state index contributed by atoms with van der Waals surface area (Å²) in [6.07, 6.45) is 0. The summed E-state index contributed by atoms with van der Waals surface area (Å²) in [4.78, 5) is 17.4. The second-order valence-electron chi connectivity index (χ2n) is 22.7. The van der Waals surface area contributed by atoms with Crippen molar-refractivity contribution < 1.29 is 0 Å². The summed E-state index contributed by atoms with van der Waals surface area (Å²) in [5.74, 6) is 1.58. The van der Waals surface area contributed by atoms with Crippen LogP contribution in [0.1, 0.15) is 0 Å². The summed E-state index contributed by atoms with van der Waals surface area (Å²) in [6, 6.07) is 119. The predicted octanol–water partition coefficient (Wildman–Crippen LogP) is 17.2. The standard InChI is InChI=1S/C81H54N6Si/c1-6-26-55(27-7-1)58-32-22-38-63(52-58)88(61-34-12-4-13-35-61,62-36-14-5-15-37-62)64-39-23-33-59(53-64)79-82-80(86-75-49-21-18-42-69(75)70-45-24-43-65(77(70)86)56-28-8-2-9-29-56)84-81(83-79)87-76-51-50-60(85-73-47-19-16-40-67(73)68-41-17-20-48-74(68)85)54-72(76)71-46-25-44-66(78(71)87)57-30-10-3-11-31-57/h1-54H. The summed E-state index contributed by atoms with van der Waals surface area (Å²) < 4.78 is 6.98. The molecule has 0 radical (unpaired) electrons. The van der Waals surface area contributed by atoms with Crippen molar-refractivity contribution in [2.75, 3.05) is 0 Å². The summed E-state index contributed by atoms with van der Waals surface area (Å²) in [7, 11) is -3.14. The molecule has 0 unspecified atom stereocenters. The first-order valence-corrected chi connectivity index (χ1v) is 32.0. The largest absolute Gasteiger partial charge is 0.309 e. The normalized spacial score (nSPS) is 11.9. The molecule has 7 heteroatoms. The molecule has 412 valence electrons. The molecule has 0 amide bonds. The highest BCUT2D eigenvalue weighted by Crippen LogP contribution is 2.42. The number of hydrogen-bond donors (Lipinski definition) is 0. The first kappa shape index (κ1) is 51.0. The van der Waals surface area contributed by atoms with Crippen LogP contribution in [0.5, 0.6) is 0 Å². The monoisotopic (exact) mass is 1140 g/mol. The van der Waals surface area contributed by atoms with Gasteiger partial charge in [-0.3, -0.25) is 9.13 Å². The molecule has 0 saturated heterocycles. The van der Waals surface area contributed by atoms with E-state index in [4.69, 9.17) is 15.0 Å². The molecule has 0 saturated carbocycles. The van der Waals surface area contributed by atoms with Gasteiger partial charge in [-0.25, -0.2) is 0 Å². The number of aromatic nitrogens is 6. The molecule has 0 aliphatic heterocycles. The Morgan fingerprint density at radius 3 is 1.11 bits per heavy atom. The minimum absolute atomic E-state index is 0.506. The topological polar surface area (TPSA) is 53.5 Å². The van der Waals surface area contributed by atoms with Crippen LogP contribution in [0.15, 0.2) is 328 Å². The molecule has 0 atom stereocenters. The maximum absolute atomic E-state index is 5.83. The van der Waals surface area contributed by atoms with Crippen LogP contribution in [0.4, 0.5) is 0 Å². The Bertz CT molecular complexity index is 5410. The fourth-order valence-corrected chi connectivity index (χ4v) is 18.9. The van der Waals surface area contributed by atoms with Crippen molar-refractivity contribution in [1.82, 2.24) is 28.7 Å². The van der Waals surface area contributed by atoms with E-state index in [2.05, 4.69) is 341 Å². The summed E-state index contributed by atoms with van der Waals surface area (Å²) in [5.41, 5.74) is 15.0. The van der Waals surface area contributed by atoms with E-state index in [-0.39, 0.29) is 0 Å². The van der Waals surface area contributed by atoms with E-state index in [0.29, 0.717) is 17.7 Å². The zero-order chi connectivity index (χ0) is 58.1. The Labute approximate surface area is 509 Å². The molecule has 4 heterocycles. The summed E-state index contributed by atoms with van der Waals surface area (Å²) in [6.45, 7) is 0. The zero-order valence-corrected chi connectivity index (χ0v) is 48.9. The van der Waals surface area contributed by atoms with E-state index in [1.54, 1.807) is 0 Å². The molecule has 0 spiro atoms. The van der Waals surface area contributed by atoms with Crippen molar-refractivity contribution in [3.05, 3.63) is 328 Å². The zero-order valence-electron chi connectivity index (χ0n) is 47.9. The van der Waals surface area contributed by atoms with Gasteiger partial charge in [0.05, 0.1) is 33.1 Å². The van der Waals surface area contributed by atoms with Crippen LogP contribution >= 0.6 is 0 Å². The summed E-state index contributed by atoms with van der Waals surface area (Å²) >= 11 is 0. The first-order chi connectivity index (χ1) is 43.7. The lowest BCUT2D eigenvalue weighted by atomic mass is 10.0. The lowest BCUT2D eigenvalue weighted by Crippen LogP contribution is -2.74. The van der Waals surface area contributed by atoms with Gasteiger partial charge in [0.15, 0.2) is 13.9 Å². The smallest absolute Gasteiger partial charge is 0.240 e. The van der Waals surface area contributed by atoms with Gasteiger partial charge in [-0.2, -0.15) is 15.0 Å². The Morgan fingerprint density at radius 1 is 0.227 bits per heavy atom. The first-order valence-electron chi connectivity index (χ1n) is 30.0. The molecule has 17 aromatic rings. The number of hydrogen-bond acceptors (Lipinski definition) is 3. The minimum atomic E-state index is -3.14. The highest BCUT2D eigenvalue weighted by Gasteiger charge is 2.42. The van der Waals surface area contributed by atoms with Crippen molar-refractivity contribution >= 4 is 94.2 Å². The van der Waals surface area contributed by atoms with Crippen LogP contribution in [0, 0.1) is 0 Å². The molecule has 0 N–H and O–H groups in total. The van der Waals surface area contributed by atoms with Crippen LogP contribution < -0.4 is 20.7 Å². The molecular formula is C81H54N6Si. The molecule has 4 aromatic heterocycles. The van der Waals surface area contributed by atoms with Crippen molar-refractivity contribution in [2.24, 2.45) is 0 Å². The van der Waals surface area contributed by atoms with Crippen molar-refractivity contribution in [3.8, 4) is 62.4 Å². The molecular weight excluding hydrogens is 1090 g/mol. The minimum Gasteiger partial charge on any atom is -0.309 e. The van der Waals surface area contributed by atoms with Crippen LogP contribution in [-0.4, -0.2) is 36.7 Å². The van der Waals surface area contributed by atoms with Crippen LogP contribution in [0.3, 0.4) is 0 Å². The van der Waals surface area contributed by atoms with Crippen molar-refractivity contribution in [3.63, 3.8) is 0 Å². The third-order valence-electron chi connectivity index (χ3n) is 17.9. The quantitative estimate of drug-likeness (QED) is 0.0958. The Hall–Kier alpha value is -11.5. The molecule has 88 heavy (non-hydrogen) atoms. The SMILES string of the molecule is c1ccc(-c2cccc([Si](c3ccccc3)(c3ccccc3)c3cccc(-c4nc(-n5c6ccccc6c6cccc(-c7ccccc7)c65)nc(-n5c6ccc(-n7c8ccccc8c8ccccc87)cc6c6cccc(-c7ccccc7)c65)n4)c3)c2)cc1. The maximum atomic E-state index is 5.83. The van der Waals surface area contributed by atoms with Crippen LogP contribution in [0.25, 0.3) is 128 Å². The van der Waals surface area contributed by atoms with Crippen molar-refractivity contribution in [1.29, 1.82) is 0 Å². The van der Waals surface area contributed by atoms with Crippen LogP contribution in [0.2, 0.25) is 0 Å². The maximum Gasteiger partial charge on any atom is 0.240 e. The third-order valence-corrected chi connectivity index (χ3v) is 22.6. The third kappa shape index (κ3) is 8.13. The highest BCUT2D eigenvalue weighted by molar-refractivity contribution is 7.20. The van der Waals surface area contributed by atoms with E-state index in [0.717, 1.165) is 88.1 Å². The molecule has 0 bridgehead atoms. The van der Waals surface area contributed by atoms with Gasteiger partial charge in [0.1, 0.15) is 0 Å². The molecule has 0 aliphatic rings. The fourth-order valence-electron chi connectivity index (χ4n) is 14.0. The van der Waals surface area contributed by atoms with Gasteiger partial charge in [0.2, 0.25) is 11.9 Å². The lowest BCUT2D eigenvalue weighted by Gasteiger charge is -2.35. The van der Waals surface area contributed by atoms with E-state index in [1.807, 2.05) is 0 Å². The van der Waals surface area contributed by atoms with Gasteiger partial charge in [-0.05, 0) is 79.4 Å². The molecule has 0 fully saturated rings. The second kappa shape index (κ2) is 20.9. The van der Waals surface area contributed by atoms with Crippen molar-refractivity contribution in [2.45, 2.75) is 0 Å². The number of fused-ring (bicyclic) bond motifs is 9. The molecule has 17 rings (SSSR count). The lowest BCUT2D eigenvalue weighted by molar-refractivity contribution is 0.893. The Morgan fingerprint density at radius 2 is 0.591 bits per heavy atom. The van der Waals surface area contributed by atoms with E-state index in [1.165, 1.54) is 42.6 Å². The van der Waals surface area contributed by atoms with Crippen LogP contribution in [-0.2, 0) is 0 Å². The Kier molecular flexibility index (Phi) is 12.1. The number of para-hydroxylation sites is 5. The number of rotatable bonds is 11. The predicted molar refractivity (Wildman–Crippen MR) is 368 cm³/mol. The highest BCUT2D eigenvalue weighted by atomic mass is 28.3. The van der Waals surface area contributed by atoms with Gasteiger partial charge in [0, 0.05) is 54.7 Å². The fraction of sp³-hybridized carbons (Fsp3) is 0. The number of benzene rings is 13. The van der Waals surface area contributed by atoms with E-state index >= 15 is 0 Å². The average molecular weight is 1140 g/mol. The van der Waals surface area contributed by atoms with Gasteiger partial charge in [-0.1, -0.05) is 291 Å². The van der Waals surface area contributed by atoms with Gasteiger partial charge >= 0.3 is 0 Å². The van der Waals surface area contributed by atoms with Gasteiger partial charge in [0.25, 0.3) is 0 Å². The average Bonchev–Trinajstić information content (AvgIpc) is 1.58. The van der Waals surface area contributed by atoms with E-state index < -0.39 is 8.07 Å².